The van der Waals surface area contributed by atoms with Gasteiger partial charge in [0.05, 0.1) is 4.90 Å². The van der Waals surface area contributed by atoms with E-state index >= 15 is 0 Å². The van der Waals surface area contributed by atoms with Gasteiger partial charge < -0.3 is 10.2 Å². The minimum atomic E-state index is -3.72. The molecule has 4 rings (SSSR count). The lowest BCUT2D eigenvalue weighted by Gasteiger charge is -2.24. The summed E-state index contributed by atoms with van der Waals surface area (Å²) in [6, 6.07) is 12.4. The summed E-state index contributed by atoms with van der Waals surface area (Å²) in [5, 5.41) is 2.97. The monoisotopic (exact) mass is 491 g/mol. The maximum absolute atomic E-state index is 12.9. The first-order chi connectivity index (χ1) is 14.3. The summed E-state index contributed by atoms with van der Waals surface area (Å²) >= 11 is 3.28. The summed E-state index contributed by atoms with van der Waals surface area (Å²) in [4.78, 5) is 27.1. The van der Waals surface area contributed by atoms with E-state index in [9.17, 15) is 18.0 Å². The van der Waals surface area contributed by atoms with E-state index in [2.05, 4.69) is 26.0 Å². The fraction of sp³-hybridized carbons (Fsp3) is 0.333. The average Bonchev–Trinajstić information content (AvgIpc) is 3.39. The Bertz CT molecular complexity index is 1050. The van der Waals surface area contributed by atoms with Gasteiger partial charge in [-0.15, -0.1) is 0 Å². The molecular weight excluding hydrogens is 470 g/mol. The van der Waals surface area contributed by atoms with Gasteiger partial charge in [0.15, 0.2) is 0 Å². The Morgan fingerprint density at radius 2 is 1.63 bits per heavy atom. The molecule has 1 atom stereocenters. The number of amides is 2. The van der Waals surface area contributed by atoms with E-state index in [0.717, 1.165) is 23.7 Å². The van der Waals surface area contributed by atoms with Crippen LogP contribution in [0.2, 0.25) is 0 Å². The highest BCUT2D eigenvalue weighted by Crippen LogP contribution is 2.25. The molecule has 1 aliphatic heterocycles. The second-order valence-electron chi connectivity index (χ2n) is 7.58. The average molecular weight is 492 g/mol. The number of nitrogens with zero attached hydrogens (tertiary/aromatic N) is 1. The summed E-state index contributed by atoms with van der Waals surface area (Å²) in [6.07, 6.45) is 3.46. The van der Waals surface area contributed by atoms with E-state index in [1.165, 1.54) is 12.1 Å². The number of likely N-dealkylation sites (tertiary alicyclic amines) is 1. The molecule has 0 spiro atoms. The van der Waals surface area contributed by atoms with Crippen molar-refractivity contribution in [3.8, 4) is 0 Å². The topological polar surface area (TPSA) is 95.6 Å². The van der Waals surface area contributed by atoms with Crippen molar-refractivity contribution < 1.29 is 18.0 Å². The fourth-order valence-electron chi connectivity index (χ4n) is 3.48. The van der Waals surface area contributed by atoms with Crippen molar-refractivity contribution in [2.24, 2.45) is 0 Å². The predicted molar refractivity (Wildman–Crippen MR) is 117 cm³/mol. The molecule has 2 fully saturated rings. The molecule has 2 amide bonds. The first-order valence-corrected chi connectivity index (χ1v) is 12.1. The third-order valence-electron chi connectivity index (χ3n) is 5.25. The van der Waals surface area contributed by atoms with Crippen LogP contribution in [0.5, 0.6) is 0 Å². The van der Waals surface area contributed by atoms with Crippen molar-refractivity contribution >= 4 is 43.5 Å². The zero-order chi connectivity index (χ0) is 21.3. The van der Waals surface area contributed by atoms with Gasteiger partial charge in [-0.05, 0) is 74.2 Å². The van der Waals surface area contributed by atoms with Gasteiger partial charge in [-0.3, -0.25) is 14.3 Å². The van der Waals surface area contributed by atoms with Crippen molar-refractivity contribution in [2.45, 2.75) is 42.7 Å². The molecule has 1 aliphatic carbocycles. The van der Waals surface area contributed by atoms with Crippen molar-refractivity contribution in [3.05, 3.63) is 58.6 Å². The van der Waals surface area contributed by atoms with Gasteiger partial charge in [0.25, 0.3) is 15.9 Å². The van der Waals surface area contributed by atoms with Crippen molar-refractivity contribution in [1.82, 2.24) is 10.2 Å². The zero-order valence-corrected chi connectivity index (χ0v) is 18.6. The highest BCUT2D eigenvalue weighted by molar-refractivity contribution is 9.10. The second-order valence-corrected chi connectivity index (χ2v) is 10.2. The molecule has 1 unspecified atom stereocenters. The summed E-state index contributed by atoms with van der Waals surface area (Å²) in [7, 11) is -3.72. The third kappa shape index (κ3) is 4.67. The Morgan fingerprint density at radius 3 is 2.27 bits per heavy atom. The number of carbonyl (C=O) groups excluding carboxylic acids is 2. The van der Waals surface area contributed by atoms with Gasteiger partial charge in [0.1, 0.15) is 6.04 Å². The number of halogens is 1. The maximum atomic E-state index is 12.9. The van der Waals surface area contributed by atoms with Crippen LogP contribution in [0.3, 0.4) is 0 Å². The van der Waals surface area contributed by atoms with Crippen molar-refractivity contribution in [2.75, 3.05) is 11.3 Å². The van der Waals surface area contributed by atoms with Gasteiger partial charge in [-0.2, -0.15) is 0 Å². The molecule has 1 heterocycles. The Kier molecular flexibility index (Phi) is 5.84. The first-order valence-electron chi connectivity index (χ1n) is 9.83. The molecule has 7 nitrogen and oxygen atoms in total. The van der Waals surface area contributed by atoms with Crippen molar-refractivity contribution in [1.29, 1.82) is 0 Å². The van der Waals surface area contributed by atoms with Crippen molar-refractivity contribution in [3.63, 3.8) is 0 Å². The minimum absolute atomic E-state index is 0.0813. The van der Waals surface area contributed by atoms with Crippen LogP contribution < -0.4 is 10.0 Å². The van der Waals surface area contributed by atoms with E-state index in [1.807, 2.05) is 0 Å². The molecule has 30 heavy (non-hydrogen) atoms. The molecular formula is C21H22BrN3O4S. The van der Waals surface area contributed by atoms with Crippen LogP contribution in [-0.2, 0) is 14.8 Å². The molecule has 9 heteroatoms. The van der Waals surface area contributed by atoms with Crippen LogP contribution in [0.1, 0.15) is 36.0 Å². The largest absolute Gasteiger partial charge is 0.352 e. The Hall–Kier alpha value is -2.39. The number of hydrogen-bond acceptors (Lipinski definition) is 4. The van der Waals surface area contributed by atoms with E-state index < -0.39 is 16.1 Å². The quantitative estimate of drug-likeness (QED) is 0.648. The minimum Gasteiger partial charge on any atom is -0.352 e. The Morgan fingerprint density at radius 1 is 0.967 bits per heavy atom. The van der Waals surface area contributed by atoms with Gasteiger partial charge in [-0.1, -0.05) is 15.9 Å². The summed E-state index contributed by atoms with van der Waals surface area (Å²) in [5.41, 5.74) is 0.784. The highest BCUT2D eigenvalue weighted by atomic mass is 79.9. The number of nitrogens with one attached hydrogen (secondary N) is 2. The summed E-state index contributed by atoms with van der Waals surface area (Å²) < 4.78 is 28.3. The highest BCUT2D eigenvalue weighted by Gasteiger charge is 2.36. The van der Waals surface area contributed by atoms with Crippen LogP contribution in [0.25, 0.3) is 0 Å². The first kappa shape index (κ1) is 20.9. The van der Waals surface area contributed by atoms with Crippen LogP contribution in [0.4, 0.5) is 5.69 Å². The SMILES string of the molecule is O=C(NC1CC1)C1CCCN1C(=O)c1ccc(NS(=O)(=O)c2ccc(Br)cc2)cc1. The molecule has 2 aliphatic rings. The number of rotatable bonds is 6. The van der Waals surface area contributed by atoms with E-state index in [0.29, 0.717) is 24.2 Å². The second kappa shape index (κ2) is 8.39. The van der Waals surface area contributed by atoms with Gasteiger partial charge in [-0.25, -0.2) is 8.42 Å². The lowest BCUT2D eigenvalue weighted by molar-refractivity contribution is -0.125. The van der Waals surface area contributed by atoms with E-state index in [1.54, 1.807) is 41.3 Å². The lowest BCUT2D eigenvalue weighted by Crippen LogP contribution is -2.46. The molecule has 2 aromatic rings. The van der Waals surface area contributed by atoms with Crippen LogP contribution in [-0.4, -0.2) is 43.8 Å². The number of carbonyl (C=O) groups is 2. The third-order valence-corrected chi connectivity index (χ3v) is 7.17. The zero-order valence-electron chi connectivity index (χ0n) is 16.2. The van der Waals surface area contributed by atoms with Crippen LogP contribution >= 0.6 is 15.9 Å². The standard InChI is InChI=1S/C21H22BrN3O4S/c22-15-5-11-18(12-6-15)30(28,29)24-17-7-3-14(4-8-17)21(27)25-13-1-2-19(25)20(26)23-16-9-10-16/h3-8,11-12,16,19,24H,1-2,9-10,13H2,(H,23,26). The number of benzene rings is 2. The molecule has 0 aromatic heterocycles. The van der Waals surface area contributed by atoms with E-state index in [4.69, 9.17) is 0 Å². The molecule has 158 valence electrons. The molecule has 2 aromatic carbocycles. The Labute approximate surface area is 184 Å². The Balaban J connectivity index is 1.44. The fourth-order valence-corrected chi connectivity index (χ4v) is 4.80. The molecule has 1 saturated carbocycles. The van der Waals surface area contributed by atoms with Crippen LogP contribution in [0, 0.1) is 0 Å². The maximum Gasteiger partial charge on any atom is 0.261 e. The van der Waals surface area contributed by atoms with Gasteiger partial charge >= 0.3 is 0 Å². The number of anilines is 1. The summed E-state index contributed by atoms with van der Waals surface area (Å²) in [6.45, 7) is 0.541. The molecule has 0 radical (unpaired) electrons. The normalized spacial score (nSPS) is 18.8. The molecule has 0 bridgehead atoms. The number of sulfonamides is 1. The van der Waals surface area contributed by atoms with Crippen LogP contribution in [0.15, 0.2) is 57.9 Å². The molecule has 1 saturated heterocycles. The summed E-state index contributed by atoms with van der Waals surface area (Å²) in [5.74, 6) is -0.298. The van der Waals surface area contributed by atoms with E-state index in [-0.39, 0.29) is 22.8 Å². The number of hydrogen-bond donors (Lipinski definition) is 2. The predicted octanol–water partition coefficient (Wildman–Crippen LogP) is 3.13. The molecule has 2 N–H and O–H groups in total. The van der Waals surface area contributed by atoms with Gasteiger partial charge in [0.2, 0.25) is 5.91 Å². The smallest absolute Gasteiger partial charge is 0.261 e. The lowest BCUT2D eigenvalue weighted by atomic mass is 10.1. The van der Waals surface area contributed by atoms with Gasteiger partial charge in [0, 0.05) is 28.3 Å².